The van der Waals surface area contributed by atoms with Gasteiger partial charge in [0.15, 0.2) is 0 Å². The molecule has 3 aromatic rings. The molecule has 0 saturated carbocycles. The molecule has 0 bridgehead atoms. The van der Waals surface area contributed by atoms with Crippen LogP contribution >= 0.6 is 0 Å². The van der Waals surface area contributed by atoms with Gasteiger partial charge in [-0.25, -0.2) is 0 Å². The fourth-order valence-corrected chi connectivity index (χ4v) is 1.97. The SMILES string of the molecule is C=CC=C(c1ccccc1)[c-]1cccc1.[Fe].[cH-]1[cH-][cH-][cH-][cH-]1. The minimum absolute atomic E-state index is 0. The zero-order valence-electron chi connectivity index (χ0n) is 11.8. The number of rotatable bonds is 3. The Morgan fingerprint density at radius 2 is 1.38 bits per heavy atom. The van der Waals surface area contributed by atoms with E-state index in [1.54, 1.807) is 0 Å². The summed E-state index contributed by atoms with van der Waals surface area (Å²) < 4.78 is 0. The summed E-state index contributed by atoms with van der Waals surface area (Å²) in [5.74, 6) is 0. The van der Waals surface area contributed by atoms with E-state index in [2.05, 4.69) is 55.1 Å². The fraction of sp³-hybridized carbons (Fsp3) is 0. The van der Waals surface area contributed by atoms with Crippen LogP contribution in [0.1, 0.15) is 11.1 Å². The molecule has 3 aromatic carbocycles. The zero-order chi connectivity index (χ0) is 14.0. The topological polar surface area (TPSA) is 0 Å². The number of benzene rings is 1. The molecular weight excluding hydrogens is 296 g/mol. The molecule has 0 amide bonds. The molecule has 0 aliphatic carbocycles. The first-order valence-electron chi connectivity index (χ1n) is 6.68. The standard InChI is InChI=1S/C15H13.C5H5.Fe/c1-2-8-15(14-11-6-7-12-14)13-9-4-3-5-10-13;1-2-4-5-3-1;/h2-12H,1H2;1-5H;/q-1;-5;. The molecule has 0 heterocycles. The van der Waals surface area contributed by atoms with E-state index in [1.807, 2.05) is 48.6 Å². The van der Waals surface area contributed by atoms with E-state index in [0.29, 0.717) is 0 Å². The summed E-state index contributed by atoms with van der Waals surface area (Å²) in [5.41, 5.74) is 3.68. The summed E-state index contributed by atoms with van der Waals surface area (Å²) in [6.07, 6.45) is 3.88. The van der Waals surface area contributed by atoms with Crippen LogP contribution in [0.15, 0.2) is 104 Å². The van der Waals surface area contributed by atoms with Crippen LogP contribution < -0.4 is 0 Å². The van der Waals surface area contributed by atoms with Gasteiger partial charge in [0.05, 0.1) is 0 Å². The third kappa shape index (κ3) is 5.43. The summed E-state index contributed by atoms with van der Waals surface area (Å²) in [5, 5.41) is 0. The maximum Gasteiger partial charge on any atom is 0 e. The van der Waals surface area contributed by atoms with E-state index >= 15 is 0 Å². The van der Waals surface area contributed by atoms with Crippen molar-refractivity contribution in [2.24, 2.45) is 0 Å². The first kappa shape index (κ1) is 17.0. The smallest absolute Gasteiger partial charge is 0 e. The van der Waals surface area contributed by atoms with E-state index in [4.69, 9.17) is 0 Å². The quantitative estimate of drug-likeness (QED) is 0.344. The number of allylic oxidation sites excluding steroid dienone is 2. The Kier molecular flexibility index (Phi) is 7.89. The second-order valence-electron chi connectivity index (χ2n) is 4.32. The average molecular weight is 314 g/mol. The maximum absolute atomic E-state index is 3.76. The normalized spacial score (nSPS) is 10.0. The minimum Gasteiger partial charge on any atom is -0.748 e. The van der Waals surface area contributed by atoms with Crippen molar-refractivity contribution < 1.29 is 17.1 Å². The Bertz CT molecular complexity index is 597. The van der Waals surface area contributed by atoms with E-state index in [0.717, 1.165) is 0 Å². The van der Waals surface area contributed by atoms with Crippen LogP contribution in [-0.4, -0.2) is 0 Å². The maximum atomic E-state index is 3.76. The first-order chi connectivity index (χ1) is 9.92. The van der Waals surface area contributed by atoms with Crippen molar-refractivity contribution in [3.63, 3.8) is 0 Å². The second-order valence-corrected chi connectivity index (χ2v) is 4.32. The van der Waals surface area contributed by atoms with Crippen LogP contribution in [0.2, 0.25) is 0 Å². The predicted molar refractivity (Wildman–Crippen MR) is 87.8 cm³/mol. The Morgan fingerprint density at radius 1 is 0.857 bits per heavy atom. The van der Waals surface area contributed by atoms with Gasteiger partial charge in [-0.05, 0) is 0 Å². The summed E-state index contributed by atoms with van der Waals surface area (Å²) in [7, 11) is 0. The van der Waals surface area contributed by atoms with Crippen molar-refractivity contribution in [3.8, 4) is 0 Å². The minimum atomic E-state index is 0. The zero-order valence-corrected chi connectivity index (χ0v) is 12.9. The van der Waals surface area contributed by atoms with Gasteiger partial charge >= 0.3 is 0 Å². The summed E-state index contributed by atoms with van der Waals surface area (Å²) in [4.78, 5) is 0. The van der Waals surface area contributed by atoms with Gasteiger partial charge in [0.25, 0.3) is 0 Å². The molecule has 0 aromatic heterocycles. The molecule has 1 heteroatoms. The molecule has 0 N–H and O–H groups in total. The van der Waals surface area contributed by atoms with Crippen LogP contribution in [0.5, 0.6) is 0 Å². The molecule has 0 nitrogen and oxygen atoms in total. The molecule has 0 unspecified atom stereocenters. The van der Waals surface area contributed by atoms with Gasteiger partial charge in [0, 0.05) is 17.1 Å². The molecule has 0 spiro atoms. The van der Waals surface area contributed by atoms with Gasteiger partial charge in [-0.2, -0.15) is 12.1 Å². The van der Waals surface area contributed by atoms with Crippen LogP contribution in [0, 0.1) is 0 Å². The van der Waals surface area contributed by atoms with Crippen LogP contribution in [0.4, 0.5) is 0 Å². The van der Waals surface area contributed by atoms with Crippen LogP contribution in [0.3, 0.4) is 0 Å². The molecular formula is C20H18Fe-6. The molecule has 0 aliphatic heterocycles. The van der Waals surface area contributed by atoms with Gasteiger partial charge in [-0.15, -0.1) is 36.4 Å². The van der Waals surface area contributed by atoms with Crippen molar-refractivity contribution in [1.29, 1.82) is 0 Å². The van der Waals surface area contributed by atoms with E-state index < -0.39 is 0 Å². The van der Waals surface area contributed by atoms with Gasteiger partial charge in [-0.3, -0.25) is 0 Å². The Hall–Kier alpha value is -2.08. The molecule has 3 rings (SSSR count). The summed E-state index contributed by atoms with van der Waals surface area (Å²) in [6, 6.07) is 28.7. The molecule has 0 fully saturated rings. The Balaban J connectivity index is 0.000000313. The molecule has 0 aliphatic rings. The van der Waals surface area contributed by atoms with Gasteiger partial charge in [0.1, 0.15) is 0 Å². The Morgan fingerprint density at radius 3 is 1.86 bits per heavy atom. The fourth-order valence-electron chi connectivity index (χ4n) is 1.97. The summed E-state index contributed by atoms with van der Waals surface area (Å²) in [6.45, 7) is 3.76. The number of hydrogen-bond acceptors (Lipinski definition) is 0. The van der Waals surface area contributed by atoms with E-state index in [1.165, 1.54) is 16.7 Å². The Labute approximate surface area is 137 Å². The molecule has 0 atom stereocenters. The summed E-state index contributed by atoms with van der Waals surface area (Å²) >= 11 is 0. The van der Waals surface area contributed by atoms with Crippen LogP contribution in [-0.2, 0) is 17.1 Å². The van der Waals surface area contributed by atoms with Crippen molar-refractivity contribution in [2.75, 3.05) is 0 Å². The molecule has 0 saturated heterocycles. The molecule has 112 valence electrons. The van der Waals surface area contributed by atoms with Gasteiger partial charge < -0.3 is 30.3 Å². The van der Waals surface area contributed by atoms with Crippen LogP contribution in [0.25, 0.3) is 5.57 Å². The third-order valence-electron chi connectivity index (χ3n) is 2.90. The first-order valence-corrected chi connectivity index (χ1v) is 6.68. The average Bonchev–Trinajstić information content (AvgIpc) is 3.21. The van der Waals surface area contributed by atoms with E-state index in [9.17, 15) is 0 Å². The number of hydrogen-bond donors (Lipinski definition) is 0. The van der Waals surface area contributed by atoms with Gasteiger partial charge in [0.2, 0.25) is 0 Å². The molecule has 21 heavy (non-hydrogen) atoms. The monoisotopic (exact) mass is 314 g/mol. The van der Waals surface area contributed by atoms with Crippen molar-refractivity contribution >= 4 is 5.57 Å². The molecule has 0 radical (unpaired) electrons. The van der Waals surface area contributed by atoms with Crippen molar-refractivity contribution in [2.45, 2.75) is 0 Å². The van der Waals surface area contributed by atoms with Crippen molar-refractivity contribution in [1.82, 2.24) is 0 Å². The predicted octanol–water partition coefficient (Wildman–Crippen LogP) is 5.43. The third-order valence-corrected chi connectivity index (χ3v) is 2.90. The van der Waals surface area contributed by atoms with Crippen molar-refractivity contribution in [3.05, 3.63) is 115 Å². The largest absolute Gasteiger partial charge is 0.748 e. The van der Waals surface area contributed by atoms with E-state index in [-0.39, 0.29) is 17.1 Å². The van der Waals surface area contributed by atoms with Gasteiger partial charge in [-0.1, -0.05) is 41.5 Å². The second kappa shape index (κ2) is 9.77.